The van der Waals surface area contributed by atoms with Crippen LogP contribution in [0.2, 0.25) is 0 Å². The van der Waals surface area contributed by atoms with E-state index in [1.807, 2.05) is 6.92 Å². The standard InChI is InChI=1S/C26H28F4O2/c1-5-6-10-19(25(31-3)16-8-7-9-16)22(18-12-11-17(27)13-15(18)2)20-14-21(28)24(30)26(32-4)23(20)29/h11-14H,5-10H2,1-4H3/b22-19-. The Kier molecular flexibility index (Phi) is 7.64. The van der Waals surface area contributed by atoms with Crippen LogP contribution in [0.4, 0.5) is 17.6 Å². The lowest BCUT2D eigenvalue weighted by atomic mass is 9.82. The molecule has 3 rings (SSSR count). The van der Waals surface area contributed by atoms with Crippen LogP contribution >= 0.6 is 0 Å². The van der Waals surface area contributed by atoms with E-state index in [9.17, 15) is 13.2 Å². The Bertz CT molecular complexity index is 1060. The quantitative estimate of drug-likeness (QED) is 0.235. The van der Waals surface area contributed by atoms with Gasteiger partial charge in [0, 0.05) is 11.1 Å². The van der Waals surface area contributed by atoms with Gasteiger partial charge in [0.05, 0.1) is 14.2 Å². The molecule has 0 N–H and O–H groups in total. The Morgan fingerprint density at radius 1 is 0.969 bits per heavy atom. The summed E-state index contributed by atoms with van der Waals surface area (Å²) in [4.78, 5) is 0. The largest absolute Gasteiger partial charge is 0.497 e. The van der Waals surface area contributed by atoms with Crippen LogP contribution < -0.4 is 4.74 Å². The average Bonchev–Trinajstić information content (AvgIpc) is 2.72. The second kappa shape index (κ2) is 10.2. The molecule has 0 aromatic heterocycles. The molecule has 32 heavy (non-hydrogen) atoms. The van der Waals surface area contributed by atoms with Gasteiger partial charge in [0.15, 0.2) is 17.4 Å². The predicted octanol–water partition coefficient (Wildman–Crippen LogP) is 7.64. The summed E-state index contributed by atoms with van der Waals surface area (Å²) in [5.74, 6) is -4.19. The van der Waals surface area contributed by atoms with E-state index < -0.39 is 29.0 Å². The molecule has 0 bridgehead atoms. The fourth-order valence-electron chi connectivity index (χ4n) is 4.09. The van der Waals surface area contributed by atoms with Crippen LogP contribution in [-0.2, 0) is 4.74 Å². The number of unbranched alkanes of at least 4 members (excludes halogenated alkanes) is 1. The van der Waals surface area contributed by atoms with Crippen molar-refractivity contribution in [3.8, 4) is 5.75 Å². The summed E-state index contributed by atoms with van der Waals surface area (Å²) in [6.45, 7) is 3.73. The van der Waals surface area contributed by atoms with Crippen molar-refractivity contribution in [3.63, 3.8) is 0 Å². The molecule has 6 heteroatoms. The molecule has 0 unspecified atom stereocenters. The lowest BCUT2D eigenvalue weighted by Gasteiger charge is -2.26. The maximum atomic E-state index is 15.5. The van der Waals surface area contributed by atoms with Crippen LogP contribution in [0.1, 0.15) is 62.1 Å². The third-order valence-electron chi connectivity index (χ3n) is 5.89. The van der Waals surface area contributed by atoms with Gasteiger partial charge in [-0.2, -0.15) is 4.39 Å². The first-order valence-electron chi connectivity index (χ1n) is 10.8. The number of halogens is 4. The van der Waals surface area contributed by atoms with Crippen molar-refractivity contribution >= 4 is 5.57 Å². The fourth-order valence-corrected chi connectivity index (χ4v) is 4.09. The van der Waals surface area contributed by atoms with Crippen LogP contribution in [0.15, 0.2) is 41.2 Å². The lowest BCUT2D eigenvalue weighted by molar-refractivity contribution is 0.285. The van der Waals surface area contributed by atoms with E-state index in [1.54, 1.807) is 14.0 Å². The minimum Gasteiger partial charge on any atom is -0.497 e. The van der Waals surface area contributed by atoms with Gasteiger partial charge in [0.2, 0.25) is 5.82 Å². The third-order valence-corrected chi connectivity index (χ3v) is 5.89. The van der Waals surface area contributed by atoms with E-state index in [1.165, 1.54) is 18.2 Å². The molecule has 1 aliphatic carbocycles. The Balaban J connectivity index is 2.45. The Labute approximate surface area is 186 Å². The van der Waals surface area contributed by atoms with Crippen LogP contribution in [0.25, 0.3) is 5.57 Å². The molecular weight excluding hydrogens is 420 g/mol. The normalized spacial score (nSPS) is 14.1. The summed E-state index contributed by atoms with van der Waals surface area (Å²) >= 11 is 0. The maximum absolute atomic E-state index is 15.5. The molecule has 1 aliphatic rings. The summed E-state index contributed by atoms with van der Waals surface area (Å²) in [5.41, 5.74) is 3.10. The van der Waals surface area contributed by atoms with Gasteiger partial charge in [-0.1, -0.05) is 19.4 Å². The minimum absolute atomic E-state index is 0.143. The molecule has 0 atom stereocenters. The molecule has 172 valence electrons. The van der Waals surface area contributed by atoms with E-state index in [0.717, 1.165) is 50.9 Å². The number of benzene rings is 2. The monoisotopic (exact) mass is 448 g/mol. The first kappa shape index (κ1) is 23.9. The molecular formula is C26H28F4O2. The van der Waals surface area contributed by atoms with Crippen LogP contribution in [-0.4, -0.2) is 14.2 Å². The second-order valence-electron chi connectivity index (χ2n) is 7.97. The second-order valence-corrected chi connectivity index (χ2v) is 7.97. The van der Waals surface area contributed by atoms with Gasteiger partial charge >= 0.3 is 0 Å². The summed E-state index contributed by atoms with van der Waals surface area (Å²) in [6, 6.07) is 5.00. The molecule has 1 saturated carbocycles. The van der Waals surface area contributed by atoms with Gasteiger partial charge in [-0.25, -0.2) is 13.2 Å². The summed E-state index contributed by atoms with van der Waals surface area (Å²) in [7, 11) is 2.65. The first-order valence-corrected chi connectivity index (χ1v) is 10.8. The first-order chi connectivity index (χ1) is 15.3. The number of allylic oxidation sites excluding steroid dienone is 2. The zero-order valence-electron chi connectivity index (χ0n) is 18.9. The van der Waals surface area contributed by atoms with Crippen molar-refractivity contribution in [3.05, 3.63) is 81.1 Å². The summed E-state index contributed by atoms with van der Waals surface area (Å²) in [6.07, 6.45) is 4.93. The Morgan fingerprint density at radius 3 is 2.22 bits per heavy atom. The van der Waals surface area contributed by atoms with Crippen molar-refractivity contribution in [2.75, 3.05) is 14.2 Å². The smallest absolute Gasteiger partial charge is 0.203 e. The molecule has 1 fully saturated rings. The topological polar surface area (TPSA) is 18.5 Å². The summed E-state index contributed by atoms with van der Waals surface area (Å²) in [5, 5.41) is 0. The molecule has 2 aromatic carbocycles. The Morgan fingerprint density at radius 2 is 1.69 bits per heavy atom. The number of hydrogen-bond acceptors (Lipinski definition) is 2. The van der Waals surface area contributed by atoms with Crippen LogP contribution in [0.5, 0.6) is 5.75 Å². The molecule has 0 saturated heterocycles. The van der Waals surface area contributed by atoms with E-state index in [0.29, 0.717) is 34.5 Å². The molecule has 0 spiro atoms. The van der Waals surface area contributed by atoms with Gasteiger partial charge < -0.3 is 9.47 Å². The summed E-state index contributed by atoms with van der Waals surface area (Å²) < 4.78 is 68.8. The fraction of sp³-hybridized carbons (Fsp3) is 0.385. The highest BCUT2D eigenvalue weighted by Gasteiger charge is 2.28. The van der Waals surface area contributed by atoms with Gasteiger partial charge in [0.1, 0.15) is 11.6 Å². The minimum atomic E-state index is -1.39. The van der Waals surface area contributed by atoms with E-state index in [4.69, 9.17) is 9.47 Å². The lowest BCUT2D eigenvalue weighted by Crippen LogP contribution is -2.10. The third kappa shape index (κ3) is 4.54. The molecule has 0 radical (unpaired) electrons. The number of ether oxygens (including phenoxy) is 2. The van der Waals surface area contributed by atoms with Crippen LogP contribution in [0.3, 0.4) is 0 Å². The molecule has 0 amide bonds. The molecule has 0 heterocycles. The van der Waals surface area contributed by atoms with E-state index in [-0.39, 0.29) is 5.56 Å². The van der Waals surface area contributed by atoms with Crippen molar-refractivity contribution in [2.24, 2.45) is 0 Å². The number of rotatable bonds is 8. The average molecular weight is 449 g/mol. The SMILES string of the molecule is CCCC/C(C(OC)=C1CCC1)=C(\c1ccc(F)cc1C)c1cc(F)c(F)c(OC)c1F. The molecule has 2 nitrogen and oxygen atoms in total. The highest BCUT2D eigenvalue weighted by atomic mass is 19.2. The van der Waals surface area contributed by atoms with Crippen LogP contribution in [0, 0.1) is 30.2 Å². The zero-order chi connectivity index (χ0) is 23.4. The van der Waals surface area contributed by atoms with Crippen molar-refractivity contribution < 1.29 is 27.0 Å². The predicted molar refractivity (Wildman–Crippen MR) is 117 cm³/mol. The number of hydrogen-bond donors (Lipinski definition) is 0. The molecule has 2 aromatic rings. The highest BCUT2D eigenvalue weighted by molar-refractivity contribution is 5.86. The van der Waals surface area contributed by atoms with E-state index in [2.05, 4.69) is 0 Å². The Hall–Kier alpha value is -2.76. The number of methoxy groups -OCH3 is 2. The van der Waals surface area contributed by atoms with Gasteiger partial charge in [-0.15, -0.1) is 0 Å². The van der Waals surface area contributed by atoms with Gasteiger partial charge in [0.25, 0.3) is 0 Å². The van der Waals surface area contributed by atoms with Gasteiger partial charge in [-0.05, 0) is 79.5 Å². The van der Waals surface area contributed by atoms with Crippen molar-refractivity contribution in [1.82, 2.24) is 0 Å². The zero-order valence-corrected chi connectivity index (χ0v) is 18.9. The van der Waals surface area contributed by atoms with E-state index >= 15 is 4.39 Å². The van der Waals surface area contributed by atoms with Crippen molar-refractivity contribution in [1.29, 1.82) is 0 Å². The maximum Gasteiger partial charge on any atom is 0.203 e. The van der Waals surface area contributed by atoms with Gasteiger partial charge in [-0.3, -0.25) is 0 Å². The van der Waals surface area contributed by atoms with Crippen molar-refractivity contribution in [2.45, 2.75) is 52.4 Å². The number of aryl methyl sites for hydroxylation is 1. The molecule has 0 aliphatic heterocycles. The highest BCUT2D eigenvalue weighted by Crippen LogP contribution is 2.42.